The number of hydrogen-bond acceptors (Lipinski definition) is 5. The van der Waals surface area contributed by atoms with Gasteiger partial charge in [0.2, 0.25) is 0 Å². The van der Waals surface area contributed by atoms with Crippen molar-refractivity contribution >= 4 is 17.4 Å². The second kappa shape index (κ2) is 9.17. The molecule has 168 valence electrons. The van der Waals surface area contributed by atoms with Gasteiger partial charge in [-0.1, -0.05) is 29.8 Å². The molecular weight excluding hydrogens is 406 g/mol. The van der Waals surface area contributed by atoms with Gasteiger partial charge in [-0.05, 0) is 63.4 Å². The molecule has 0 aromatic heterocycles. The summed E-state index contributed by atoms with van der Waals surface area (Å²) in [6.45, 7) is 6.81. The molecule has 2 atom stereocenters. The Morgan fingerprint density at radius 2 is 1.94 bits per heavy atom. The molecule has 2 aromatic rings. The van der Waals surface area contributed by atoms with Gasteiger partial charge in [0.15, 0.2) is 0 Å². The first-order valence-electron chi connectivity index (χ1n) is 11.1. The van der Waals surface area contributed by atoms with Crippen LogP contribution in [0.5, 0.6) is 5.75 Å². The Bertz CT molecular complexity index is 1030. The summed E-state index contributed by atoms with van der Waals surface area (Å²) in [7, 11) is 0. The quantitative estimate of drug-likeness (QED) is 0.414. The number of carbonyl (C=O) groups is 2. The van der Waals surface area contributed by atoms with E-state index < -0.39 is 17.7 Å². The molecule has 32 heavy (non-hydrogen) atoms. The van der Waals surface area contributed by atoms with Crippen molar-refractivity contribution in [1.29, 1.82) is 0 Å². The van der Waals surface area contributed by atoms with E-state index in [-0.39, 0.29) is 23.5 Å². The van der Waals surface area contributed by atoms with E-state index in [0.717, 1.165) is 24.0 Å². The summed E-state index contributed by atoms with van der Waals surface area (Å²) < 4.78 is 11.4. The molecule has 1 N–H and O–H groups in total. The fraction of sp³-hybridized carbons (Fsp3) is 0.385. The van der Waals surface area contributed by atoms with Crippen LogP contribution in [0.25, 0.3) is 5.76 Å². The highest BCUT2D eigenvalue weighted by Crippen LogP contribution is 2.40. The third-order valence-electron chi connectivity index (χ3n) is 5.82. The number of rotatable bonds is 6. The van der Waals surface area contributed by atoms with Crippen molar-refractivity contribution in [2.24, 2.45) is 0 Å². The molecule has 0 radical (unpaired) electrons. The van der Waals surface area contributed by atoms with E-state index in [1.165, 1.54) is 0 Å². The minimum absolute atomic E-state index is 0.0268. The number of aliphatic hydroxyl groups is 1. The molecule has 2 aliphatic rings. The highest BCUT2D eigenvalue weighted by atomic mass is 16.5. The van der Waals surface area contributed by atoms with E-state index in [0.29, 0.717) is 24.5 Å². The number of nitrogens with zero attached hydrogens (tertiary/aromatic N) is 1. The van der Waals surface area contributed by atoms with Gasteiger partial charge in [0, 0.05) is 18.7 Å². The Kier molecular flexibility index (Phi) is 6.33. The van der Waals surface area contributed by atoms with Crippen molar-refractivity contribution in [2.45, 2.75) is 51.9 Å². The molecule has 0 aliphatic carbocycles. The minimum Gasteiger partial charge on any atom is -0.507 e. The van der Waals surface area contributed by atoms with Gasteiger partial charge >= 0.3 is 0 Å². The fourth-order valence-corrected chi connectivity index (χ4v) is 4.38. The second-order valence-corrected chi connectivity index (χ2v) is 8.69. The molecule has 2 saturated heterocycles. The van der Waals surface area contributed by atoms with Crippen molar-refractivity contribution in [2.75, 3.05) is 13.2 Å². The van der Waals surface area contributed by atoms with Gasteiger partial charge in [-0.15, -0.1) is 0 Å². The maximum atomic E-state index is 13.1. The molecular formula is C26H29NO5. The van der Waals surface area contributed by atoms with Crippen LogP contribution in [0.15, 0.2) is 54.1 Å². The van der Waals surface area contributed by atoms with Crippen molar-refractivity contribution in [3.8, 4) is 5.75 Å². The standard InChI is InChI=1S/C26H29NO5/c1-16(2)32-20-11-9-18(10-12-20)24(28)22-23(19-7-4-6-17(3)14-19)27(26(30)25(22)29)15-21-8-5-13-31-21/h4,6-7,9-12,14,16,21,23,28H,5,8,13,15H2,1-3H3/b24-22-. The first-order chi connectivity index (χ1) is 15.3. The van der Waals surface area contributed by atoms with Gasteiger partial charge in [-0.2, -0.15) is 0 Å². The molecule has 1 amide bonds. The molecule has 2 aliphatic heterocycles. The molecule has 6 heteroatoms. The number of likely N-dealkylation sites (tertiary alicyclic amines) is 1. The number of aryl methyl sites for hydroxylation is 1. The fourth-order valence-electron chi connectivity index (χ4n) is 4.38. The van der Waals surface area contributed by atoms with Gasteiger partial charge in [-0.3, -0.25) is 9.59 Å². The second-order valence-electron chi connectivity index (χ2n) is 8.69. The zero-order chi connectivity index (χ0) is 22.8. The van der Waals surface area contributed by atoms with Crippen molar-refractivity contribution < 1.29 is 24.2 Å². The highest BCUT2D eigenvalue weighted by molar-refractivity contribution is 6.46. The Balaban J connectivity index is 1.76. The molecule has 2 heterocycles. The third kappa shape index (κ3) is 4.41. The molecule has 2 unspecified atom stereocenters. The summed E-state index contributed by atoms with van der Waals surface area (Å²) in [4.78, 5) is 27.7. The zero-order valence-corrected chi connectivity index (χ0v) is 18.7. The Hall–Kier alpha value is -3.12. The molecule has 6 nitrogen and oxygen atoms in total. The number of ether oxygens (including phenoxy) is 2. The average Bonchev–Trinajstić information content (AvgIpc) is 3.36. The van der Waals surface area contributed by atoms with Crippen LogP contribution in [0.3, 0.4) is 0 Å². The summed E-state index contributed by atoms with van der Waals surface area (Å²) in [5, 5.41) is 11.2. The topological polar surface area (TPSA) is 76.1 Å². The summed E-state index contributed by atoms with van der Waals surface area (Å²) in [5.74, 6) is -0.783. The lowest BCUT2D eigenvalue weighted by molar-refractivity contribution is -0.140. The van der Waals surface area contributed by atoms with Gasteiger partial charge in [0.1, 0.15) is 11.5 Å². The predicted molar refractivity (Wildman–Crippen MR) is 121 cm³/mol. The van der Waals surface area contributed by atoms with E-state index in [9.17, 15) is 14.7 Å². The van der Waals surface area contributed by atoms with E-state index in [1.807, 2.05) is 45.0 Å². The van der Waals surface area contributed by atoms with Crippen LogP contribution in [-0.4, -0.2) is 47.1 Å². The van der Waals surface area contributed by atoms with Gasteiger partial charge in [-0.25, -0.2) is 0 Å². The molecule has 0 spiro atoms. The number of Topliss-reactive ketones (excluding diaryl/α,β-unsaturated/α-hetero) is 1. The predicted octanol–water partition coefficient (Wildman–Crippen LogP) is 4.38. The first-order valence-corrected chi connectivity index (χ1v) is 11.1. The highest BCUT2D eigenvalue weighted by Gasteiger charge is 2.47. The van der Waals surface area contributed by atoms with E-state index >= 15 is 0 Å². The van der Waals surface area contributed by atoms with E-state index in [2.05, 4.69) is 0 Å². The molecule has 0 saturated carbocycles. The van der Waals surface area contributed by atoms with Crippen LogP contribution in [-0.2, 0) is 14.3 Å². The molecule has 4 rings (SSSR count). The van der Waals surface area contributed by atoms with E-state index in [1.54, 1.807) is 29.2 Å². The minimum atomic E-state index is -0.672. The molecule has 0 bridgehead atoms. The number of ketones is 1. The normalized spacial score (nSPS) is 22.7. The maximum absolute atomic E-state index is 13.1. The average molecular weight is 436 g/mol. The van der Waals surface area contributed by atoms with Gasteiger partial charge in [0.25, 0.3) is 11.7 Å². The SMILES string of the molecule is Cc1cccc(C2/C(=C(/O)c3ccc(OC(C)C)cc3)C(=O)C(=O)N2CC2CCCO2)c1. The van der Waals surface area contributed by atoms with Crippen LogP contribution in [0.1, 0.15) is 49.4 Å². The van der Waals surface area contributed by atoms with Crippen molar-refractivity contribution in [3.05, 3.63) is 70.8 Å². The van der Waals surface area contributed by atoms with E-state index in [4.69, 9.17) is 9.47 Å². The zero-order valence-electron chi connectivity index (χ0n) is 18.7. The number of benzene rings is 2. The van der Waals surface area contributed by atoms with Gasteiger partial charge in [0.05, 0.1) is 23.8 Å². The van der Waals surface area contributed by atoms with Crippen molar-refractivity contribution in [3.63, 3.8) is 0 Å². The number of amides is 1. The van der Waals surface area contributed by atoms with Crippen LogP contribution < -0.4 is 4.74 Å². The number of aliphatic hydroxyl groups excluding tert-OH is 1. The number of hydrogen-bond donors (Lipinski definition) is 1. The van der Waals surface area contributed by atoms with Crippen LogP contribution in [0.2, 0.25) is 0 Å². The maximum Gasteiger partial charge on any atom is 0.295 e. The third-order valence-corrected chi connectivity index (χ3v) is 5.82. The largest absolute Gasteiger partial charge is 0.507 e. The summed E-state index contributed by atoms with van der Waals surface area (Å²) in [6, 6.07) is 13.9. The number of carbonyl (C=O) groups excluding carboxylic acids is 2. The molecule has 2 aromatic carbocycles. The van der Waals surface area contributed by atoms with Crippen LogP contribution in [0, 0.1) is 6.92 Å². The Morgan fingerprint density at radius 1 is 1.19 bits per heavy atom. The lowest BCUT2D eigenvalue weighted by Crippen LogP contribution is -2.36. The molecule has 2 fully saturated rings. The smallest absolute Gasteiger partial charge is 0.295 e. The van der Waals surface area contributed by atoms with Gasteiger partial charge < -0.3 is 19.5 Å². The van der Waals surface area contributed by atoms with Crippen LogP contribution >= 0.6 is 0 Å². The monoisotopic (exact) mass is 435 g/mol. The first kappa shape index (κ1) is 22.1. The lowest BCUT2D eigenvalue weighted by atomic mass is 9.94. The summed E-state index contributed by atoms with van der Waals surface area (Å²) in [6.07, 6.45) is 1.71. The van der Waals surface area contributed by atoms with Crippen LogP contribution in [0.4, 0.5) is 0 Å². The lowest BCUT2D eigenvalue weighted by Gasteiger charge is -2.27. The summed E-state index contributed by atoms with van der Waals surface area (Å²) >= 11 is 0. The van der Waals surface area contributed by atoms with Crippen molar-refractivity contribution in [1.82, 2.24) is 4.90 Å². The Labute approximate surface area is 188 Å². The summed E-state index contributed by atoms with van der Waals surface area (Å²) in [5.41, 5.74) is 2.38. The Morgan fingerprint density at radius 3 is 2.56 bits per heavy atom.